The van der Waals surface area contributed by atoms with E-state index >= 15 is 0 Å². The second kappa shape index (κ2) is 8.29. The second-order valence-electron chi connectivity index (χ2n) is 8.61. The van der Waals surface area contributed by atoms with Gasteiger partial charge in [-0.25, -0.2) is 0 Å². The molecule has 2 fully saturated rings. The number of ether oxygens (including phenoxy) is 1. The van der Waals surface area contributed by atoms with Crippen molar-refractivity contribution in [3.8, 4) is 11.1 Å². The van der Waals surface area contributed by atoms with E-state index < -0.39 is 0 Å². The van der Waals surface area contributed by atoms with Crippen LogP contribution in [0.4, 0.5) is 0 Å². The molecule has 3 aliphatic rings. The number of hydrogen-bond acceptors (Lipinski definition) is 4. The van der Waals surface area contributed by atoms with E-state index in [1.165, 1.54) is 32.2 Å². The van der Waals surface area contributed by atoms with E-state index in [0.29, 0.717) is 12.6 Å². The highest BCUT2D eigenvalue weighted by atomic mass is 16.5. The number of fused-ring (bicyclic) bond motifs is 4. The fourth-order valence-corrected chi connectivity index (χ4v) is 5.37. The van der Waals surface area contributed by atoms with E-state index in [1.54, 1.807) is 0 Å². The monoisotopic (exact) mass is 390 g/mol. The van der Waals surface area contributed by atoms with Crippen molar-refractivity contribution >= 4 is 5.97 Å². The molecule has 152 valence electrons. The molecule has 0 amide bonds. The van der Waals surface area contributed by atoms with Gasteiger partial charge in [-0.2, -0.15) is 0 Å². The SMILES string of the molecule is O=C(OCCN1CCN2CCCCCC2C1)C1c2ccccc2-c2ccccc21. The van der Waals surface area contributed by atoms with Crippen LogP contribution >= 0.6 is 0 Å². The molecule has 5 rings (SSSR count). The molecule has 0 spiro atoms. The minimum absolute atomic E-state index is 0.115. The Labute approximate surface area is 173 Å². The molecule has 0 aromatic heterocycles. The largest absolute Gasteiger partial charge is 0.464 e. The average molecular weight is 391 g/mol. The highest BCUT2D eigenvalue weighted by Gasteiger charge is 2.34. The Morgan fingerprint density at radius 2 is 1.62 bits per heavy atom. The predicted octanol–water partition coefficient (Wildman–Crippen LogP) is 3.90. The van der Waals surface area contributed by atoms with Gasteiger partial charge in [0.05, 0.1) is 0 Å². The lowest BCUT2D eigenvalue weighted by molar-refractivity contribution is -0.144. The summed E-state index contributed by atoms with van der Waals surface area (Å²) in [6, 6.07) is 17.1. The molecule has 2 aliphatic heterocycles. The van der Waals surface area contributed by atoms with E-state index in [2.05, 4.69) is 34.1 Å². The fourth-order valence-electron chi connectivity index (χ4n) is 5.37. The topological polar surface area (TPSA) is 32.8 Å². The minimum atomic E-state index is -0.291. The molecule has 29 heavy (non-hydrogen) atoms. The lowest BCUT2D eigenvalue weighted by Crippen LogP contribution is -2.53. The van der Waals surface area contributed by atoms with Gasteiger partial charge in [0.25, 0.3) is 0 Å². The average Bonchev–Trinajstić information content (AvgIpc) is 2.90. The Morgan fingerprint density at radius 1 is 0.897 bits per heavy atom. The number of nitrogens with zero attached hydrogens (tertiary/aromatic N) is 2. The minimum Gasteiger partial charge on any atom is -0.464 e. The summed E-state index contributed by atoms with van der Waals surface area (Å²) in [6.07, 6.45) is 5.38. The maximum Gasteiger partial charge on any atom is 0.318 e. The second-order valence-corrected chi connectivity index (χ2v) is 8.61. The van der Waals surface area contributed by atoms with Crippen molar-refractivity contribution in [1.29, 1.82) is 0 Å². The van der Waals surface area contributed by atoms with Gasteiger partial charge in [-0.3, -0.25) is 14.6 Å². The van der Waals surface area contributed by atoms with Gasteiger partial charge >= 0.3 is 5.97 Å². The molecular formula is C25H30N2O2. The molecule has 0 saturated carbocycles. The van der Waals surface area contributed by atoms with E-state index in [0.717, 1.165) is 48.4 Å². The van der Waals surface area contributed by atoms with Crippen LogP contribution < -0.4 is 0 Å². The van der Waals surface area contributed by atoms with Crippen LogP contribution in [0.25, 0.3) is 11.1 Å². The van der Waals surface area contributed by atoms with Crippen LogP contribution in [-0.4, -0.2) is 61.1 Å². The number of hydrogen-bond donors (Lipinski definition) is 0. The van der Waals surface area contributed by atoms with Gasteiger partial charge in [0.2, 0.25) is 0 Å². The van der Waals surface area contributed by atoms with Crippen molar-refractivity contribution in [2.45, 2.75) is 37.6 Å². The van der Waals surface area contributed by atoms with E-state index in [-0.39, 0.29) is 11.9 Å². The van der Waals surface area contributed by atoms with Crippen molar-refractivity contribution < 1.29 is 9.53 Å². The highest BCUT2D eigenvalue weighted by molar-refractivity contribution is 5.93. The third-order valence-electron chi connectivity index (χ3n) is 6.89. The Kier molecular flexibility index (Phi) is 5.38. The molecule has 4 nitrogen and oxygen atoms in total. The molecule has 0 bridgehead atoms. The fraction of sp³-hybridized carbons (Fsp3) is 0.480. The summed E-state index contributed by atoms with van der Waals surface area (Å²) in [7, 11) is 0. The highest BCUT2D eigenvalue weighted by Crippen LogP contribution is 2.44. The zero-order chi connectivity index (χ0) is 19.6. The molecule has 2 heterocycles. The number of carbonyl (C=O) groups excluding carboxylic acids is 1. The molecular weight excluding hydrogens is 360 g/mol. The van der Waals surface area contributed by atoms with Crippen molar-refractivity contribution in [3.63, 3.8) is 0 Å². The van der Waals surface area contributed by atoms with Crippen LogP contribution in [0, 0.1) is 0 Å². The van der Waals surface area contributed by atoms with Crippen LogP contribution in [0.3, 0.4) is 0 Å². The quantitative estimate of drug-likeness (QED) is 0.742. The normalized spacial score (nSPS) is 22.4. The van der Waals surface area contributed by atoms with Crippen LogP contribution in [0.5, 0.6) is 0 Å². The first kappa shape index (κ1) is 18.8. The van der Waals surface area contributed by atoms with Gasteiger partial charge in [0.15, 0.2) is 0 Å². The summed E-state index contributed by atoms with van der Waals surface area (Å²) in [5.41, 5.74) is 4.47. The van der Waals surface area contributed by atoms with Crippen LogP contribution in [-0.2, 0) is 9.53 Å². The maximum absolute atomic E-state index is 13.0. The van der Waals surface area contributed by atoms with E-state index in [9.17, 15) is 4.79 Å². The smallest absolute Gasteiger partial charge is 0.318 e. The third-order valence-corrected chi connectivity index (χ3v) is 6.89. The first-order valence-corrected chi connectivity index (χ1v) is 11.1. The van der Waals surface area contributed by atoms with Crippen molar-refractivity contribution in [2.75, 3.05) is 39.3 Å². The molecule has 2 aromatic carbocycles. The molecule has 1 unspecified atom stereocenters. The van der Waals surface area contributed by atoms with Crippen molar-refractivity contribution in [1.82, 2.24) is 9.80 Å². The molecule has 1 aliphatic carbocycles. The third kappa shape index (κ3) is 3.72. The predicted molar refractivity (Wildman–Crippen MR) is 115 cm³/mol. The summed E-state index contributed by atoms with van der Waals surface area (Å²) in [6.45, 7) is 5.93. The summed E-state index contributed by atoms with van der Waals surface area (Å²) in [5, 5.41) is 0. The van der Waals surface area contributed by atoms with Gasteiger partial charge in [-0.1, -0.05) is 61.4 Å². The standard InChI is InChI=1S/C25H30N2O2/c28-25(24-22-11-5-3-9-20(22)21-10-4-6-12-23(21)24)29-17-16-26-14-15-27-13-7-1-2-8-19(27)18-26/h3-6,9-12,19,24H,1-2,7-8,13-18H2. The number of benzene rings is 2. The molecule has 2 aromatic rings. The zero-order valence-electron chi connectivity index (χ0n) is 17.1. The number of esters is 1. The molecule has 1 atom stereocenters. The van der Waals surface area contributed by atoms with Gasteiger partial charge in [0, 0.05) is 32.2 Å². The van der Waals surface area contributed by atoms with Crippen molar-refractivity contribution in [2.24, 2.45) is 0 Å². The zero-order valence-corrected chi connectivity index (χ0v) is 17.1. The Balaban J connectivity index is 1.21. The van der Waals surface area contributed by atoms with Crippen LogP contribution in [0.2, 0.25) is 0 Å². The lowest BCUT2D eigenvalue weighted by atomic mass is 9.97. The summed E-state index contributed by atoms with van der Waals surface area (Å²) >= 11 is 0. The van der Waals surface area contributed by atoms with Gasteiger partial charge in [-0.05, 0) is 41.6 Å². The maximum atomic E-state index is 13.0. The van der Waals surface area contributed by atoms with Gasteiger partial charge < -0.3 is 4.74 Å². The molecule has 4 heteroatoms. The summed E-state index contributed by atoms with van der Waals surface area (Å²) < 4.78 is 5.81. The van der Waals surface area contributed by atoms with Gasteiger partial charge in [0.1, 0.15) is 12.5 Å². The van der Waals surface area contributed by atoms with Crippen LogP contribution in [0.15, 0.2) is 48.5 Å². The van der Waals surface area contributed by atoms with E-state index in [4.69, 9.17) is 4.74 Å². The Bertz CT molecular complexity index is 835. The van der Waals surface area contributed by atoms with Crippen LogP contribution in [0.1, 0.15) is 42.7 Å². The number of rotatable bonds is 4. The lowest BCUT2D eigenvalue weighted by Gasteiger charge is -2.40. The molecule has 2 saturated heterocycles. The Hall–Kier alpha value is -2.17. The summed E-state index contributed by atoms with van der Waals surface area (Å²) in [5.74, 6) is -0.406. The van der Waals surface area contributed by atoms with Gasteiger partial charge in [-0.15, -0.1) is 0 Å². The Morgan fingerprint density at radius 3 is 2.38 bits per heavy atom. The summed E-state index contributed by atoms with van der Waals surface area (Å²) in [4.78, 5) is 18.2. The van der Waals surface area contributed by atoms with Crippen molar-refractivity contribution in [3.05, 3.63) is 59.7 Å². The molecule has 0 radical (unpaired) electrons. The number of piperazine rings is 1. The number of carbonyl (C=O) groups is 1. The first-order chi connectivity index (χ1) is 14.3. The molecule has 0 N–H and O–H groups in total. The van der Waals surface area contributed by atoms with E-state index in [1.807, 2.05) is 24.3 Å². The first-order valence-electron chi connectivity index (χ1n) is 11.1.